The van der Waals surface area contributed by atoms with Crippen molar-refractivity contribution in [1.29, 1.82) is 0 Å². The monoisotopic (exact) mass is 439 g/mol. The minimum Gasteiger partial charge on any atom is -0.490 e. The van der Waals surface area contributed by atoms with Crippen LogP contribution in [0.2, 0.25) is 0 Å². The van der Waals surface area contributed by atoms with Crippen molar-refractivity contribution < 1.29 is 23.0 Å². The molecule has 172 valence electrons. The number of aryl methyl sites for hydroxylation is 1. The molecular formula is C21H31F2N5O3. The van der Waals surface area contributed by atoms with Crippen LogP contribution in [0.1, 0.15) is 29.4 Å². The zero-order chi connectivity index (χ0) is 22.8. The summed E-state index contributed by atoms with van der Waals surface area (Å²) in [5.74, 6) is 0.821. The molecule has 0 fully saturated rings. The van der Waals surface area contributed by atoms with Gasteiger partial charge in [0, 0.05) is 44.1 Å². The van der Waals surface area contributed by atoms with Gasteiger partial charge < -0.3 is 24.8 Å². The van der Waals surface area contributed by atoms with Gasteiger partial charge in [-0.05, 0) is 26.8 Å². The van der Waals surface area contributed by atoms with E-state index >= 15 is 0 Å². The van der Waals surface area contributed by atoms with Crippen LogP contribution in [0, 0.1) is 13.8 Å². The first-order valence-corrected chi connectivity index (χ1v) is 10.1. The van der Waals surface area contributed by atoms with Gasteiger partial charge >= 0.3 is 6.61 Å². The lowest BCUT2D eigenvalue weighted by Crippen LogP contribution is -2.36. The molecule has 2 rings (SSSR count). The molecule has 8 nitrogen and oxygen atoms in total. The van der Waals surface area contributed by atoms with Crippen molar-refractivity contribution in [2.24, 2.45) is 4.99 Å². The largest absolute Gasteiger partial charge is 0.490 e. The third kappa shape index (κ3) is 6.81. The molecule has 1 aromatic carbocycles. The van der Waals surface area contributed by atoms with E-state index in [-0.39, 0.29) is 18.0 Å². The summed E-state index contributed by atoms with van der Waals surface area (Å²) in [6, 6.07) is 5.04. The van der Waals surface area contributed by atoms with Crippen LogP contribution in [0.25, 0.3) is 0 Å². The zero-order valence-corrected chi connectivity index (χ0v) is 18.7. The fourth-order valence-corrected chi connectivity index (χ4v) is 3.15. The van der Waals surface area contributed by atoms with Crippen molar-refractivity contribution in [2.75, 3.05) is 27.4 Å². The van der Waals surface area contributed by atoms with Crippen molar-refractivity contribution >= 4 is 5.96 Å². The number of ether oxygens (including phenoxy) is 3. The SMILES string of the molecule is CCOc1cccc(CNC(=NC)NCc2c(C)nn(CCOC)c2C)c1OC(F)F. The first-order valence-electron chi connectivity index (χ1n) is 10.1. The Kier molecular flexibility index (Phi) is 9.51. The lowest BCUT2D eigenvalue weighted by molar-refractivity contribution is -0.0520. The molecule has 1 heterocycles. The van der Waals surface area contributed by atoms with E-state index in [4.69, 9.17) is 14.2 Å². The fraction of sp³-hybridized carbons (Fsp3) is 0.524. The number of methoxy groups -OCH3 is 1. The molecule has 0 unspecified atom stereocenters. The minimum atomic E-state index is -2.95. The van der Waals surface area contributed by atoms with Gasteiger partial charge in [-0.1, -0.05) is 12.1 Å². The number of para-hydroxylation sites is 1. The van der Waals surface area contributed by atoms with E-state index < -0.39 is 6.61 Å². The highest BCUT2D eigenvalue weighted by Crippen LogP contribution is 2.32. The molecule has 31 heavy (non-hydrogen) atoms. The molecule has 0 aliphatic rings. The summed E-state index contributed by atoms with van der Waals surface area (Å²) in [6.07, 6.45) is 0. The van der Waals surface area contributed by atoms with Gasteiger partial charge in [0.25, 0.3) is 0 Å². The van der Waals surface area contributed by atoms with Gasteiger partial charge in [0.1, 0.15) is 0 Å². The van der Waals surface area contributed by atoms with Gasteiger partial charge in [-0.15, -0.1) is 0 Å². The van der Waals surface area contributed by atoms with E-state index in [0.29, 0.717) is 37.8 Å². The average Bonchev–Trinajstić information content (AvgIpc) is 3.01. The molecule has 0 aliphatic heterocycles. The number of halogens is 2. The number of hydrogen-bond donors (Lipinski definition) is 2. The summed E-state index contributed by atoms with van der Waals surface area (Å²) in [5, 5.41) is 10.9. The highest BCUT2D eigenvalue weighted by molar-refractivity contribution is 5.79. The molecule has 0 aliphatic carbocycles. The average molecular weight is 440 g/mol. The van der Waals surface area contributed by atoms with Crippen LogP contribution < -0.4 is 20.1 Å². The summed E-state index contributed by atoms with van der Waals surface area (Å²) in [4.78, 5) is 4.21. The van der Waals surface area contributed by atoms with E-state index in [1.165, 1.54) is 0 Å². The fourth-order valence-electron chi connectivity index (χ4n) is 3.15. The maximum Gasteiger partial charge on any atom is 0.387 e. The molecule has 0 saturated carbocycles. The predicted octanol–water partition coefficient (Wildman–Crippen LogP) is 3.01. The molecule has 0 bridgehead atoms. The Bertz CT molecular complexity index is 871. The maximum absolute atomic E-state index is 12.9. The number of aliphatic imine (C=N–C) groups is 1. The Balaban J connectivity index is 2.05. The molecule has 0 atom stereocenters. The predicted molar refractivity (Wildman–Crippen MR) is 115 cm³/mol. The summed E-state index contributed by atoms with van der Waals surface area (Å²) in [6.45, 7) is 5.16. The van der Waals surface area contributed by atoms with Gasteiger partial charge in [0.15, 0.2) is 17.5 Å². The zero-order valence-electron chi connectivity index (χ0n) is 18.7. The highest BCUT2D eigenvalue weighted by atomic mass is 19.3. The molecule has 2 aromatic rings. The lowest BCUT2D eigenvalue weighted by atomic mass is 10.2. The molecule has 10 heteroatoms. The van der Waals surface area contributed by atoms with Gasteiger partial charge in [-0.25, -0.2) is 0 Å². The summed E-state index contributed by atoms with van der Waals surface area (Å²) in [5.41, 5.74) is 3.58. The van der Waals surface area contributed by atoms with Gasteiger partial charge in [0.2, 0.25) is 0 Å². The van der Waals surface area contributed by atoms with Crippen molar-refractivity contribution in [2.45, 2.75) is 47.0 Å². The molecular weight excluding hydrogens is 408 g/mol. The van der Waals surface area contributed by atoms with Crippen molar-refractivity contribution in [1.82, 2.24) is 20.4 Å². The summed E-state index contributed by atoms with van der Waals surface area (Å²) in [7, 11) is 3.30. The number of hydrogen-bond acceptors (Lipinski definition) is 5. The molecule has 0 amide bonds. The van der Waals surface area contributed by atoms with E-state index in [2.05, 4.69) is 20.7 Å². The standard InChI is InChI=1S/C21H31F2N5O3/c1-6-30-18-9-7-8-16(19(18)31-20(22)23)12-25-21(24-4)26-13-17-14(2)27-28(15(17)3)10-11-29-5/h7-9,20H,6,10-13H2,1-5H3,(H2,24,25,26). The van der Waals surface area contributed by atoms with E-state index in [9.17, 15) is 8.78 Å². The van der Waals surface area contributed by atoms with E-state index in [1.807, 2.05) is 18.5 Å². The van der Waals surface area contributed by atoms with Crippen LogP contribution >= 0.6 is 0 Å². The number of alkyl halides is 2. The summed E-state index contributed by atoms with van der Waals surface area (Å²) >= 11 is 0. The molecule has 1 aromatic heterocycles. The normalized spacial score (nSPS) is 11.7. The summed E-state index contributed by atoms with van der Waals surface area (Å²) < 4.78 is 43.0. The van der Waals surface area contributed by atoms with E-state index in [0.717, 1.165) is 17.0 Å². The quantitative estimate of drug-likeness (QED) is 0.414. The number of benzene rings is 1. The van der Waals surface area contributed by atoms with Crippen molar-refractivity contribution in [3.8, 4) is 11.5 Å². The van der Waals surface area contributed by atoms with Gasteiger partial charge in [0.05, 0.1) is 25.5 Å². The lowest BCUT2D eigenvalue weighted by Gasteiger charge is -2.17. The Morgan fingerprint density at radius 2 is 1.97 bits per heavy atom. The van der Waals surface area contributed by atoms with Crippen LogP contribution in [-0.2, 0) is 24.4 Å². The third-order valence-electron chi connectivity index (χ3n) is 4.71. The topological polar surface area (TPSA) is 81.9 Å². The number of rotatable bonds is 11. The van der Waals surface area contributed by atoms with Crippen LogP contribution in [0.15, 0.2) is 23.2 Å². The molecule has 0 spiro atoms. The van der Waals surface area contributed by atoms with Gasteiger partial charge in [-0.3, -0.25) is 9.67 Å². The number of nitrogens with zero attached hydrogens (tertiary/aromatic N) is 3. The van der Waals surface area contributed by atoms with Crippen LogP contribution in [0.3, 0.4) is 0 Å². The smallest absolute Gasteiger partial charge is 0.387 e. The number of nitrogens with one attached hydrogen (secondary N) is 2. The van der Waals surface area contributed by atoms with Crippen molar-refractivity contribution in [3.05, 3.63) is 40.7 Å². The Morgan fingerprint density at radius 1 is 1.23 bits per heavy atom. The van der Waals surface area contributed by atoms with Crippen molar-refractivity contribution in [3.63, 3.8) is 0 Å². The Morgan fingerprint density at radius 3 is 2.61 bits per heavy atom. The number of guanidine groups is 1. The first-order chi connectivity index (χ1) is 14.9. The van der Waals surface area contributed by atoms with Gasteiger partial charge in [-0.2, -0.15) is 13.9 Å². The second kappa shape index (κ2) is 12.1. The second-order valence-corrected chi connectivity index (χ2v) is 6.70. The molecule has 0 radical (unpaired) electrons. The second-order valence-electron chi connectivity index (χ2n) is 6.70. The highest BCUT2D eigenvalue weighted by Gasteiger charge is 2.16. The Labute approximate surface area is 181 Å². The third-order valence-corrected chi connectivity index (χ3v) is 4.71. The van der Waals surface area contributed by atoms with Crippen LogP contribution in [0.4, 0.5) is 8.78 Å². The maximum atomic E-state index is 12.9. The Hall–Kier alpha value is -2.88. The molecule has 2 N–H and O–H groups in total. The number of aromatic nitrogens is 2. The minimum absolute atomic E-state index is 0.0217. The first kappa shape index (κ1) is 24.4. The van der Waals surface area contributed by atoms with Crippen LogP contribution in [-0.4, -0.2) is 49.7 Å². The molecule has 0 saturated heterocycles. The van der Waals surface area contributed by atoms with Crippen LogP contribution in [0.5, 0.6) is 11.5 Å². The van der Waals surface area contributed by atoms with E-state index in [1.54, 1.807) is 39.3 Å².